The fourth-order valence-electron chi connectivity index (χ4n) is 2.06. The summed E-state index contributed by atoms with van der Waals surface area (Å²) in [5, 5.41) is 23.2. The maximum absolute atomic E-state index is 12.4. The van der Waals surface area contributed by atoms with Gasteiger partial charge in [-0.3, -0.25) is 14.4 Å². The average Bonchev–Trinajstić information content (AvgIpc) is 2.56. The molecule has 0 aliphatic heterocycles. The zero-order chi connectivity index (χ0) is 20.3. The largest absolute Gasteiger partial charge is 0.480 e. The minimum Gasteiger partial charge on any atom is -0.480 e. The van der Waals surface area contributed by atoms with E-state index in [4.69, 9.17) is 17.2 Å². The van der Waals surface area contributed by atoms with Crippen LogP contribution in [0.2, 0.25) is 0 Å². The van der Waals surface area contributed by atoms with E-state index in [1.54, 1.807) is 0 Å². The van der Waals surface area contributed by atoms with Gasteiger partial charge in [0, 0.05) is 6.42 Å². The van der Waals surface area contributed by atoms with Gasteiger partial charge in [-0.15, -0.1) is 0 Å². The van der Waals surface area contributed by atoms with E-state index in [-0.39, 0.29) is 19.3 Å². The van der Waals surface area contributed by atoms with Gasteiger partial charge in [0.25, 0.3) is 0 Å². The third-order valence-corrected chi connectivity index (χ3v) is 3.70. The summed E-state index contributed by atoms with van der Waals surface area (Å²) in [6.45, 7) is 1.70. The number of nitrogens with one attached hydrogen (secondary N) is 2. The number of nitrogens with two attached hydrogens (primary N) is 3. The standard InChI is InChI=1S/C15H29N5O6/c1-8(21)12(18)14(24)19-9(5-6-11(17)22)13(23)20-10(15(25)26)4-2-3-7-16/h8-10,12,21H,2-7,16,18H2,1H3,(H2,17,22)(H,19,24)(H,20,23)(H,25,26). The molecule has 0 aromatic rings. The van der Waals surface area contributed by atoms with Gasteiger partial charge in [-0.2, -0.15) is 0 Å². The number of carbonyl (C=O) groups is 4. The molecule has 0 heterocycles. The molecule has 26 heavy (non-hydrogen) atoms. The summed E-state index contributed by atoms with van der Waals surface area (Å²) in [4.78, 5) is 46.6. The minimum atomic E-state index is -1.28. The van der Waals surface area contributed by atoms with Crippen LogP contribution < -0.4 is 27.8 Å². The molecule has 4 atom stereocenters. The first kappa shape index (κ1) is 23.8. The Kier molecular flexibility index (Phi) is 11.1. The summed E-state index contributed by atoms with van der Waals surface area (Å²) < 4.78 is 0. The Bertz CT molecular complexity index is 499. The maximum Gasteiger partial charge on any atom is 0.326 e. The van der Waals surface area contributed by atoms with Gasteiger partial charge >= 0.3 is 5.97 Å². The van der Waals surface area contributed by atoms with E-state index < -0.39 is 47.9 Å². The van der Waals surface area contributed by atoms with Gasteiger partial charge in [-0.05, 0) is 39.2 Å². The zero-order valence-electron chi connectivity index (χ0n) is 14.8. The van der Waals surface area contributed by atoms with Gasteiger partial charge in [-0.25, -0.2) is 4.79 Å². The van der Waals surface area contributed by atoms with Gasteiger partial charge < -0.3 is 38.0 Å². The topological polar surface area (TPSA) is 211 Å². The number of aliphatic carboxylic acids is 1. The highest BCUT2D eigenvalue weighted by atomic mass is 16.4. The van der Waals surface area contributed by atoms with Gasteiger partial charge in [-0.1, -0.05) is 0 Å². The smallest absolute Gasteiger partial charge is 0.326 e. The van der Waals surface area contributed by atoms with E-state index in [2.05, 4.69) is 10.6 Å². The Labute approximate surface area is 151 Å². The first-order valence-electron chi connectivity index (χ1n) is 8.35. The number of hydrogen-bond donors (Lipinski definition) is 7. The van der Waals surface area contributed by atoms with Crippen LogP contribution in [-0.2, 0) is 19.2 Å². The summed E-state index contributed by atoms with van der Waals surface area (Å²) >= 11 is 0. The number of aliphatic hydroxyl groups is 1. The third kappa shape index (κ3) is 9.30. The second kappa shape index (κ2) is 12.2. The van der Waals surface area contributed by atoms with Gasteiger partial charge in [0.2, 0.25) is 17.7 Å². The van der Waals surface area contributed by atoms with Gasteiger partial charge in [0.15, 0.2) is 0 Å². The molecule has 0 aromatic carbocycles. The molecule has 10 N–H and O–H groups in total. The lowest BCUT2D eigenvalue weighted by atomic mass is 10.1. The normalized spacial score (nSPS) is 15.4. The van der Waals surface area contributed by atoms with Crippen molar-refractivity contribution < 1.29 is 29.4 Å². The lowest BCUT2D eigenvalue weighted by Crippen LogP contribution is -2.56. The van der Waals surface area contributed by atoms with Crippen LogP contribution in [-0.4, -0.2) is 64.7 Å². The SMILES string of the molecule is CC(O)C(N)C(=O)NC(CCC(N)=O)C(=O)NC(CCCCN)C(=O)O. The second-order valence-electron chi connectivity index (χ2n) is 6.02. The van der Waals surface area contributed by atoms with E-state index >= 15 is 0 Å². The van der Waals surface area contributed by atoms with Crippen LogP contribution in [0.15, 0.2) is 0 Å². The Morgan fingerprint density at radius 3 is 2.04 bits per heavy atom. The number of carboxylic acid groups (broad SMARTS) is 1. The van der Waals surface area contributed by atoms with Crippen molar-refractivity contribution in [2.24, 2.45) is 17.2 Å². The number of carbonyl (C=O) groups excluding carboxylic acids is 3. The maximum atomic E-state index is 12.4. The average molecular weight is 375 g/mol. The molecule has 0 rings (SSSR count). The van der Waals surface area contributed by atoms with E-state index in [1.165, 1.54) is 6.92 Å². The monoisotopic (exact) mass is 375 g/mol. The molecule has 0 aliphatic carbocycles. The van der Waals surface area contributed by atoms with Crippen LogP contribution in [0.4, 0.5) is 0 Å². The van der Waals surface area contributed by atoms with Gasteiger partial charge in [0.1, 0.15) is 18.1 Å². The predicted octanol–water partition coefficient (Wildman–Crippen LogP) is -2.86. The van der Waals surface area contributed by atoms with Crippen LogP contribution >= 0.6 is 0 Å². The summed E-state index contributed by atoms with van der Waals surface area (Å²) in [5.74, 6) is -3.50. The van der Waals surface area contributed by atoms with Crippen LogP contribution in [0.25, 0.3) is 0 Å². The molecule has 3 amide bonds. The third-order valence-electron chi connectivity index (χ3n) is 3.70. The minimum absolute atomic E-state index is 0.130. The molecule has 11 heteroatoms. The lowest BCUT2D eigenvalue weighted by Gasteiger charge is -2.23. The quantitative estimate of drug-likeness (QED) is 0.166. The Balaban J connectivity index is 5.02. The number of amides is 3. The number of rotatable bonds is 13. The van der Waals surface area contributed by atoms with Crippen molar-refractivity contribution >= 4 is 23.7 Å². The van der Waals surface area contributed by atoms with Crippen molar-refractivity contribution in [2.75, 3.05) is 6.54 Å². The number of aliphatic hydroxyl groups excluding tert-OH is 1. The van der Waals surface area contributed by atoms with E-state index in [9.17, 15) is 29.4 Å². The van der Waals surface area contributed by atoms with E-state index in [0.29, 0.717) is 19.4 Å². The summed E-state index contributed by atoms with van der Waals surface area (Å²) in [7, 11) is 0. The molecule has 4 unspecified atom stereocenters. The summed E-state index contributed by atoms with van der Waals surface area (Å²) in [6.07, 6.45) is -0.217. The highest BCUT2D eigenvalue weighted by Crippen LogP contribution is 2.04. The predicted molar refractivity (Wildman–Crippen MR) is 92.5 cm³/mol. The molecule has 150 valence electrons. The molecule has 0 radical (unpaired) electrons. The lowest BCUT2D eigenvalue weighted by molar-refractivity contribution is -0.142. The molecule has 0 saturated heterocycles. The van der Waals surface area contributed by atoms with Crippen LogP contribution in [0.1, 0.15) is 39.0 Å². The number of hydrogen-bond acceptors (Lipinski definition) is 7. The molecular formula is C15H29N5O6. The van der Waals surface area contributed by atoms with Crippen molar-refractivity contribution in [3.8, 4) is 0 Å². The van der Waals surface area contributed by atoms with E-state index in [1.807, 2.05) is 0 Å². The molecule has 0 bridgehead atoms. The first-order valence-corrected chi connectivity index (χ1v) is 8.35. The van der Waals surface area contributed by atoms with Crippen molar-refractivity contribution in [3.05, 3.63) is 0 Å². The highest BCUT2D eigenvalue weighted by molar-refractivity contribution is 5.92. The number of carboxylic acids is 1. The van der Waals surface area contributed by atoms with Gasteiger partial charge in [0.05, 0.1) is 6.10 Å². The van der Waals surface area contributed by atoms with Crippen LogP contribution in [0, 0.1) is 0 Å². The van der Waals surface area contributed by atoms with Crippen LogP contribution in [0.3, 0.4) is 0 Å². The van der Waals surface area contributed by atoms with Crippen LogP contribution in [0.5, 0.6) is 0 Å². The molecular weight excluding hydrogens is 346 g/mol. The Morgan fingerprint density at radius 1 is 1.00 bits per heavy atom. The Hall–Kier alpha value is -2.24. The Morgan fingerprint density at radius 2 is 1.58 bits per heavy atom. The first-order chi connectivity index (χ1) is 12.1. The molecule has 0 aliphatic rings. The molecule has 0 saturated carbocycles. The summed E-state index contributed by atoms with van der Waals surface area (Å²) in [6, 6.07) is -3.65. The zero-order valence-corrected chi connectivity index (χ0v) is 14.8. The fraction of sp³-hybridized carbons (Fsp3) is 0.733. The highest BCUT2D eigenvalue weighted by Gasteiger charge is 2.29. The summed E-state index contributed by atoms with van der Waals surface area (Å²) in [5.41, 5.74) is 15.9. The van der Waals surface area contributed by atoms with Crippen molar-refractivity contribution in [3.63, 3.8) is 0 Å². The van der Waals surface area contributed by atoms with Crippen molar-refractivity contribution in [1.29, 1.82) is 0 Å². The molecule has 11 nitrogen and oxygen atoms in total. The molecule has 0 fully saturated rings. The molecule has 0 spiro atoms. The fourth-order valence-corrected chi connectivity index (χ4v) is 2.06. The second-order valence-corrected chi connectivity index (χ2v) is 6.02. The number of unbranched alkanes of at least 4 members (excludes halogenated alkanes) is 1. The van der Waals surface area contributed by atoms with Crippen molar-refractivity contribution in [1.82, 2.24) is 10.6 Å². The number of primary amides is 1. The van der Waals surface area contributed by atoms with Crippen molar-refractivity contribution in [2.45, 2.75) is 63.3 Å². The van der Waals surface area contributed by atoms with E-state index in [0.717, 1.165) is 0 Å². The molecule has 0 aromatic heterocycles.